The van der Waals surface area contributed by atoms with Crippen LogP contribution in [0.15, 0.2) is 0 Å². The summed E-state index contributed by atoms with van der Waals surface area (Å²) in [6, 6.07) is 0.944. The zero-order chi connectivity index (χ0) is 24.8. The minimum Gasteiger partial charge on any atom is -0.353 e. The van der Waals surface area contributed by atoms with Crippen molar-refractivity contribution in [2.24, 2.45) is 58.2 Å². The van der Waals surface area contributed by atoms with Crippen LogP contribution < -0.4 is 5.32 Å². The van der Waals surface area contributed by atoms with Crippen LogP contribution in [0.1, 0.15) is 110 Å². The van der Waals surface area contributed by atoms with Gasteiger partial charge in [-0.05, 0) is 142 Å². The molecule has 8 aliphatic rings. The number of hydrogen-bond donors (Lipinski definition) is 1. The van der Waals surface area contributed by atoms with Gasteiger partial charge >= 0.3 is 0 Å². The molecule has 2 amide bonds. The predicted octanol–water partition coefficient (Wildman–Crippen LogP) is 6.19. The van der Waals surface area contributed by atoms with Crippen LogP contribution in [0.4, 0.5) is 0 Å². The van der Waals surface area contributed by atoms with E-state index in [0.717, 1.165) is 67.1 Å². The number of carbonyl (C=O) groups is 2. The Kier molecular flexibility index (Phi) is 5.65. The van der Waals surface area contributed by atoms with E-state index >= 15 is 0 Å². The molecule has 0 radical (unpaired) electrons. The number of fused-ring (bicyclic) bond motifs is 5. The molecule has 7 aliphatic carbocycles. The van der Waals surface area contributed by atoms with Crippen LogP contribution in [0.2, 0.25) is 0 Å². The first-order chi connectivity index (χ1) is 17.3. The van der Waals surface area contributed by atoms with E-state index in [9.17, 15) is 9.59 Å². The van der Waals surface area contributed by atoms with E-state index in [1.54, 1.807) is 0 Å². The van der Waals surface area contributed by atoms with Gasteiger partial charge in [0.05, 0.1) is 0 Å². The number of rotatable bonds is 4. The Labute approximate surface area is 219 Å². The van der Waals surface area contributed by atoms with E-state index in [1.165, 1.54) is 70.6 Å². The number of nitrogens with zero attached hydrogens (tertiary/aromatic N) is 1. The van der Waals surface area contributed by atoms with Crippen molar-refractivity contribution in [1.82, 2.24) is 10.2 Å². The van der Waals surface area contributed by atoms with Gasteiger partial charge in [0.15, 0.2) is 0 Å². The van der Waals surface area contributed by atoms with Gasteiger partial charge in [-0.3, -0.25) is 9.59 Å². The van der Waals surface area contributed by atoms with Gasteiger partial charge in [-0.2, -0.15) is 0 Å². The minimum atomic E-state index is 0.309. The molecule has 8 rings (SSSR count). The fraction of sp³-hybridized carbons (Fsp3) is 0.938. The molecule has 0 aromatic heterocycles. The summed E-state index contributed by atoms with van der Waals surface area (Å²) >= 11 is 0. The van der Waals surface area contributed by atoms with Crippen molar-refractivity contribution >= 4 is 11.8 Å². The Balaban J connectivity index is 0.985. The first-order valence-corrected chi connectivity index (χ1v) is 15.8. The van der Waals surface area contributed by atoms with Crippen LogP contribution >= 0.6 is 0 Å². The van der Waals surface area contributed by atoms with E-state index in [1.807, 2.05) is 0 Å². The van der Waals surface area contributed by atoms with Gasteiger partial charge in [-0.25, -0.2) is 0 Å². The first kappa shape index (κ1) is 24.0. The highest BCUT2D eigenvalue weighted by Crippen LogP contribution is 2.66. The van der Waals surface area contributed by atoms with E-state index < -0.39 is 0 Å². The largest absolute Gasteiger partial charge is 0.353 e. The van der Waals surface area contributed by atoms with Gasteiger partial charge < -0.3 is 10.2 Å². The summed E-state index contributed by atoms with van der Waals surface area (Å²) in [6.45, 7) is 5.13. The zero-order valence-corrected chi connectivity index (χ0v) is 23.1. The number of amides is 2. The summed E-state index contributed by atoms with van der Waals surface area (Å²) in [7, 11) is 2.07. The summed E-state index contributed by atoms with van der Waals surface area (Å²) in [4.78, 5) is 27.8. The molecule has 0 aromatic carbocycles. The van der Waals surface area contributed by atoms with Gasteiger partial charge in [0, 0.05) is 32.0 Å². The Morgan fingerprint density at radius 3 is 2.31 bits per heavy atom. The van der Waals surface area contributed by atoms with Gasteiger partial charge in [0.1, 0.15) is 0 Å². The first-order valence-electron chi connectivity index (χ1n) is 15.8. The lowest BCUT2D eigenvalue weighted by Gasteiger charge is -2.62. The minimum absolute atomic E-state index is 0.309. The maximum Gasteiger partial charge on any atom is 0.222 e. The molecule has 1 aliphatic heterocycles. The average molecular weight is 495 g/mol. The van der Waals surface area contributed by atoms with Crippen molar-refractivity contribution in [2.45, 2.75) is 122 Å². The number of likely N-dealkylation sites (tertiary alicyclic amines) is 1. The van der Waals surface area contributed by atoms with E-state index in [2.05, 4.69) is 31.1 Å². The van der Waals surface area contributed by atoms with Gasteiger partial charge in [-0.15, -0.1) is 0 Å². The molecule has 0 spiro atoms. The molecule has 0 aromatic rings. The van der Waals surface area contributed by atoms with Crippen molar-refractivity contribution in [2.75, 3.05) is 7.05 Å². The van der Waals surface area contributed by atoms with Crippen molar-refractivity contribution in [3.05, 3.63) is 0 Å². The molecule has 36 heavy (non-hydrogen) atoms. The maximum atomic E-state index is 13.2. The van der Waals surface area contributed by atoms with E-state index in [-0.39, 0.29) is 0 Å². The van der Waals surface area contributed by atoms with Crippen LogP contribution in [-0.4, -0.2) is 35.8 Å². The Hall–Kier alpha value is -1.06. The van der Waals surface area contributed by atoms with E-state index in [0.29, 0.717) is 40.6 Å². The molecule has 7 saturated carbocycles. The average Bonchev–Trinajstić information content (AvgIpc) is 3.18. The maximum absolute atomic E-state index is 13.2. The van der Waals surface area contributed by atoms with Crippen LogP contribution in [-0.2, 0) is 9.59 Å². The summed E-state index contributed by atoms with van der Waals surface area (Å²) in [5, 5.41) is 3.59. The third kappa shape index (κ3) is 3.50. The summed E-state index contributed by atoms with van der Waals surface area (Å²) in [5.41, 5.74) is 0.729. The topological polar surface area (TPSA) is 49.4 Å². The molecule has 4 heteroatoms. The molecule has 4 nitrogen and oxygen atoms in total. The lowest BCUT2D eigenvalue weighted by atomic mass is 9.46. The second-order valence-electron chi connectivity index (χ2n) is 15.4. The number of carbonyl (C=O) groups excluding carboxylic acids is 2. The third-order valence-electron chi connectivity index (χ3n) is 14.0. The molecule has 200 valence electrons. The quantitative estimate of drug-likeness (QED) is 0.507. The second kappa shape index (κ2) is 8.47. The van der Waals surface area contributed by atoms with Gasteiger partial charge in [0.2, 0.25) is 11.8 Å². The Morgan fingerprint density at radius 1 is 0.889 bits per heavy atom. The molecular weight excluding hydrogens is 444 g/mol. The number of nitrogens with one attached hydrogen (secondary N) is 1. The molecule has 8 fully saturated rings. The fourth-order valence-corrected chi connectivity index (χ4v) is 12.5. The lowest BCUT2D eigenvalue weighted by Crippen LogP contribution is -2.61. The third-order valence-corrected chi connectivity index (χ3v) is 14.0. The number of piperidine rings is 1. The van der Waals surface area contributed by atoms with Crippen LogP contribution in [0.25, 0.3) is 0 Å². The van der Waals surface area contributed by atoms with Crippen LogP contribution in [0.5, 0.6) is 0 Å². The van der Waals surface area contributed by atoms with Crippen LogP contribution in [0, 0.1) is 58.2 Å². The fourth-order valence-electron chi connectivity index (χ4n) is 12.5. The van der Waals surface area contributed by atoms with Crippen molar-refractivity contribution < 1.29 is 9.59 Å². The standard InChI is InChI=1S/C32H50N2O2/c1-31-12-10-26-24(6-8-27-32(26,2)13-11-29(36)34(27)3)25(31)7-4-23(31)5-9-28(35)33-30-21-15-19-14-20(17-21)18-22(30)16-19/h19-27,30H,4-18H2,1-3H3,(H,33,35)/t19?,20?,21?,22?,23-,24+,25+,26+,27?,30?,31-,32-/m1/s1. The molecule has 1 N–H and O–H groups in total. The Morgan fingerprint density at radius 2 is 1.58 bits per heavy atom. The van der Waals surface area contributed by atoms with Gasteiger partial charge in [0.25, 0.3) is 0 Å². The van der Waals surface area contributed by atoms with Gasteiger partial charge in [-0.1, -0.05) is 13.8 Å². The summed E-state index contributed by atoms with van der Waals surface area (Å²) < 4.78 is 0. The molecular formula is C32H50N2O2. The molecule has 1 heterocycles. The van der Waals surface area contributed by atoms with E-state index in [4.69, 9.17) is 0 Å². The highest BCUT2D eigenvalue weighted by atomic mass is 16.2. The molecule has 1 saturated heterocycles. The number of hydrogen-bond acceptors (Lipinski definition) is 2. The molecule has 1 unspecified atom stereocenters. The molecule has 7 atom stereocenters. The van der Waals surface area contributed by atoms with Crippen molar-refractivity contribution in [3.8, 4) is 0 Å². The predicted molar refractivity (Wildman–Crippen MR) is 142 cm³/mol. The zero-order valence-electron chi connectivity index (χ0n) is 23.1. The Bertz CT molecular complexity index is 888. The highest BCUT2D eigenvalue weighted by Gasteiger charge is 2.61. The summed E-state index contributed by atoms with van der Waals surface area (Å²) in [6.07, 6.45) is 18.6. The van der Waals surface area contributed by atoms with Crippen molar-refractivity contribution in [3.63, 3.8) is 0 Å². The highest BCUT2D eigenvalue weighted by molar-refractivity contribution is 5.77. The lowest BCUT2D eigenvalue weighted by molar-refractivity contribution is -0.158. The monoisotopic (exact) mass is 494 g/mol. The SMILES string of the molecule is CN1C(=O)CC[C@@]2(C)C1CC[C@H]1[C@@H]3CC[C@H](CCC(=O)NC4C5CC6CC(C5)CC4C6)[C@@]3(C)CC[C@@H]12. The summed E-state index contributed by atoms with van der Waals surface area (Å²) in [5.74, 6) is 7.38. The van der Waals surface area contributed by atoms with Crippen molar-refractivity contribution in [1.29, 1.82) is 0 Å². The normalized spacial score (nSPS) is 53.1. The molecule has 4 bridgehead atoms. The smallest absolute Gasteiger partial charge is 0.222 e. The second-order valence-corrected chi connectivity index (χ2v) is 15.4. The van der Waals surface area contributed by atoms with Crippen LogP contribution in [0.3, 0.4) is 0 Å².